The highest BCUT2D eigenvalue weighted by atomic mass is 16.6. The van der Waals surface area contributed by atoms with Gasteiger partial charge in [-0.2, -0.15) is 0 Å². The number of hydrogen-bond acceptors (Lipinski definition) is 7. The molecule has 2 fully saturated rings. The molecule has 5 rings (SSSR count). The molecule has 1 heterocycles. The Morgan fingerprint density at radius 1 is 0.956 bits per heavy atom. The molecular formula is C37H45NO7. The number of carbonyl (C=O) groups excluding carboxylic acids is 3. The van der Waals surface area contributed by atoms with Crippen LogP contribution in [0.5, 0.6) is 0 Å². The highest BCUT2D eigenvalue weighted by molar-refractivity contribution is 5.91. The number of aliphatic hydroxyl groups is 2. The van der Waals surface area contributed by atoms with Crippen LogP contribution in [-0.2, 0) is 25.5 Å². The molecule has 0 unspecified atom stereocenters. The molecule has 10 atom stereocenters. The van der Waals surface area contributed by atoms with E-state index in [0.29, 0.717) is 24.8 Å². The van der Waals surface area contributed by atoms with E-state index >= 15 is 0 Å². The van der Waals surface area contributed by atoms with Crippen LogP contribution in [0.4, 0.5) is 0 Å². The van der Waals surface area contributed by atoms with Crippen LogP contribution < -0.4 is 5.32 Å². The molecule has 8 heteroatoms. The van der Waals surface area contributed by atoms with Gasteiger partial charge in [0.2, 0.25) is 5.91 Å². The third-order valence-corrected chi connectivity index (χ3v) is 10.2. The molecule has 0 aromatic heterocycles. The molecule has 2 aromatic rings. The van der Waals surface area contributed by atoms with E-state index in [9.17, 15) is 24.6 Å². The summed E-state index contributed by atoms with van der Waals surface area (Å²) in [4.78, 5) is 41.1. The number of benzene rings is 2. The summed E-state index contributed by atoms with van der Waals surface area (Å²) in [5.74, 6) is -3.54. The van der Waals surface area contributed by atoms with Gasteiger partial charge in [0.05, 0.1) is 11.2 Å². The van der Waals surface area contributed by atoms with Gasteiger partial charge in [-0.1, -0.05) is 80.6 Å². The molecule has 8 nitrogen and oxygen atoms in total. The number of carbonyl (C=O) groups is 3. The Balaban J connectivity index is 1.74. The monoisotopic (exact) mass is 615 g/mol. The molecule has 2 aromatic carbocycles. The average molecular weight is 616 g/mol. The van der Waals surface area contributed by atoms with Gasteiger partial charge in [0.25, 0.3) is 0 Å². The molecule has 240 valence electrons. The zero-order valence-corrected chi connectivity index (χ0v) is 26.7. The van der Waals surface area contributed by atoms with Crippen LogP contribution >= 0.6 is 0 Å². The van der Waals surface area contributed by atoms with Gasteiger partial charge in [-0.05, 0) is 68.7 Å². The zero-order valence-electron chi connectivity index (χ0n) is 26.7. The first-order chi connectivity index (χ1) is 21.3. The number of nitrogens with one attached hydrogen (secondary N) is 1. The normalized spacial score (nSPS) is 39.3. The van der Waals surface area contributed by atoms with Gasteiger partial charge >= 0.3 is 11.9 Å². The fourth-order valence-electron chi connectivity index (χ4n) is 8.09. The smallest absolute Gasteiger partial charge is 0.338 e. The minimum absolute atomic E-state index is 0.0644. The van der Waals surface area contributed by atoms with Crippen molar-refractivity contribution < 1.29 is 34.1 Å². The second-order valence-electron chi connectivity index (χ2n) is 13.7. The maximum absolute atomic E-state index is 14.7. The number of esters is 2. The molecule has 3 N–H and O–H groups in total. The number of rotatable bonds is 5. The fourth-order valence-corrected chi connectivity index (χ4v) is 8.09. The van der Waals surface area contributed by atoms with E-state index in [1.54, 1.807) is 56.3 Å². The first-order valence-corrected chi connectivity index (χ1v) is 15.9. The van der Waals surface area contributed by atoms with Crippen LogP contribution in [0.2, 0.25) is 0 Å². The molecule has 1 aliphatic heterocycles. The highest BCUT2D eigenvalue weighted by Gasteiger charge is 2.73. The SMILES string of the molecule is CC(=O)O[C@@H]1/C=C/[C@](C)(O)C[C@@H](C)C/C=C/[C@H]2[C@H](OC(=O)c3ccccc3)[C@@](C)(O)[C@@H](C)[C@H]3[C@H](Cc4ccccc4)NC(=O)[C@@]312. The second-order valence-corrected chi connectivity index (χ2v) is 13.7. The van der Waals surface area contributed by atoms with Crippen molar-refractivity contribution in [1.29, 1.82) is 0 Å². The zero-order chi connectivity index (χ0) is 32.6. The Morgan fingerprint density at radius 2 is 1.60 bits per heavy atom. The van der Waals surface area contributed by atoms with Crippen molar-refractivity contribution in [3.63, 3.8) is 0 Å². The van der Waals surface area contributed by atoms with Crippen LogP contribution in [0.3, 0.4) is 0 Å². The molecule has 2 aliphatic carbocycles. The van der Waals surface area contributed by atoms with Crippen LogP contribution in [-0.4, -0.2) is 57.5 Å². The number of hydrogen-bond donors (Lipinski definition) is 3. The standard InChI is InChI=1S/C37H45NO7/c1-23-13-12-18-28-32(45-33(40)27-16-10-7-11-17-27)36(5,43)24(2)31-29(21-26-14-8-6-9-15-26)38-34(41)37(28,31)30(44-25(3)39)19-20-35(4,42)22-23/h6-12,14-20,23-24,28-32,42-43H,13,21-22H2,1-5H3,(H,38,41)/b18-12+,20-19+/t23-,24-,28-,29-,30+,31-,32-,35-,36-,37+/m0/s1. The summed E-state index contributed by atoms with van der Waals surface area (Å²) in [5, 5.41) is 26.9. The summed E-state index contributed by atoms with van der Waals surface area (Å²) in [6.07, 6.45) is 6.23. The number of allylic oxidation sites excluding steroid dienone is 1. The molecule has 1 saturated heterocycles. The van der Waals surface area contributed by atoms with Crippen LogP contribution in [0.1, 0.15) is 63.4 Å². The van der Waals surface area contributed by atoms with Crippen molar-refractivity contribution in [2.24, 2.45) is 29.1 Å². The van der Waals surface area contributed by atoms with Crippen molar-refractivity contribution in [3.8, 4) is 0 Å². The van der Waals surface area contributed by atoms with E-state index in [4.69, 9.17) is 9.47 Å². The van der Waals surface area contributed by atoms with E-state index in [1.165, 1.54) is 6.92 Å². The minimum Gasteiger partial charge on any atom is -0.457 e. The Kier molecular flexibility index (Phi) is 9.11. The van der Waals surface area contributed by atoms with Gasteiger partial charge < -0.3 is 25.0 Å². The van der Waals surface area contributed by atoms with Crippen LogP contribution in [0.15, 0.2) is 85.0 Å². The van der Waals surface area contributed by atoms with Crippen molar-refractivity contribution in [3.05, 3.63) is 96.1 Å². The summed E-state index contributed by atoms with van der Waals surface area (Å²) in [7, 11) is 0. The lowest BCUT2D eigenvalue weighted by Gasteiger charge is -2.57. The Bertz CT molecular complexity index is 1450. The van der Waals surface area contributed by atoms with Crippen molar-refractivity contribution >= 4 is 17.8 Å². The van der Waals surface area contributed by atoms with Gasteiger partial charge in [-0.15, -0.1) is 0 Å². The van der Waals surface area contributed by atoms with Crippen molar-refractivity contribution in [2.45, 2.75) is 83.3 Å². The first-order valence-electron chi connectivity index (χ1n) is 15.9. The highest BCUT2D eigenvalue weighted by Crippen LogP contribution is 2.60. The van der Waals surface area contributed by atoms with E-state index in [2.05, 4.69) is 5.32 Å². The van der Waals surface area contributed by atoms with Crippen LogP contribution in [0.25, 0.3) is 0 Å². The maximum atomic E-state index is 14.7. The lowest BCUT2D eigenvalue weighted by Crippen LogP contribution is -2.69. The van der Waals surface area contributed by atoms with Gasteiger partial charge in [-0.25, -0.2) is 4.79 Å². The van der Waals surface area contributed by atoms with E-state index in [-0.39, 0.29) is 11.8 Å². The third kappa shape index (κ3) is 6.23. The Hall–Kier alpha value is -3.75. The molecule has 1 spiro atoms. The van der Waals surface area contributed by atoms with Crippen molar-refractivity contribution in [1.82, 2.24) is 5.32 Å². The molecular weight excluding hydrogens is 570 g/mol. The average Bonchev–Trinajstić information content (AvgIpc) is 3.26. The predicted molar refractivity (Wildman–Crippen MR) is 170 cm³/mol. The summed E-state index contributed by atoms with van der Waals surface area (Å²) >= 11 is 0. The second kappa shape index (κ2) is 12.6. The summed E-state index contributed by atoms with van der Waals surface area (Å²) < 4.78 is 12.3. The quantitative estimate of drug-likeness (QED) is 0.326. The van der Waals surface area contributed by atoms with Crippen LogP contribution in [0, 0.1) is 29.1 Å². The van der Waals surface area contributed by atoms with Gasteiger partial charge in [0, 0.05) is 24.8 Å². The van der Waals surface area contributed by atoms with Gasteiger partial charge in [0.1, 0.15) is 23.2 Å². The number of amides is 1. The Labute approximate surface area is 265 Å². The van der Waals surface area contributed by atoms with Crippen molar-refractivity contribution in [2.75, 3.05) is 0 Å². The summed E-state index contributed by atoms with van der Waals surface area (Å²) in [6.45, 7) is 8.54. The maximum Gasteiger partial charge on any atom is 0.338 e. The molecule has 3 aliphatic rings. The Morgan fingerprint density at radius 3 is 2.24 bits per heavy atom. The van der Waals surface area contributed by atoms with Gasteiger partial charge in [-0.3, -0.25) is 9.59 Å². The topological polar surface area (TPSA) is 122 Å². The fraction of sp³-hybridized carbons (Fsp3) is 0.486. The molecule has 1 saturated carbocycles. The third-order valence-electron chi connectivity index (χ3n) is 10.2. The van der Waals surface area contributed by atoms with Gasteiger partial charge in [0.15, 0.2) is 0 Å². The summed E-state index contributed by atoms with van der Waals surface area (Å²) in [6, 6.07) is 17.9. The first kappa shape index (κ1) is 32.6. The number of ether oxygens (including phenoxy) is 2. The molecule has 0 bridgehead atoms. The van der Waals surface area contributed by atoms with E-state index in [1.807, 2.05) is 56.3 Å². The van der Waals surface area contributed by atoms with E-state index in [0.717, 1.165) is 5.56 Å². The lowest BCUT2D eigenvalue weighted by atomic mass is 9.48. The molecule has 1 amide bonds. The molecule has 45 heavy (non-hydrogen) atoms. The van der Waals surface area contributed by atoms with E-state index < -0.39 is 64.6 Å². The molecule has 0 radical (unpaired) electrons. The minimum atomic E-state index is -1.57. The lowest BCUT2D eigenvalue weighted by molar-refractivity contribution is -0.217. The largest absolute Gasteiger partial charge is 0.457 e. The summed E-state index contributed by atoms with van der Waals surface area (Å²) in [5.41, 5.74) is -2.97. The predicted octanol–water partition coefficient (Wildman–Crippen LogP) is 4.80.